The molecular weight excluding hydrogens is 584 g/mol. The van der Waals surface area contributed by atoms with Gasteiger partial charge in [-0.3, -0.25) is 14.4 Å². The zero-order valence-corrected chi connectivity index (χ0v) is 26.9. The van der Waals surface area contributed by atoms with E-state index in [0.29, 0.717) is 0 Å². The van der Waals surface area contributed by atoms with Crippen LogP contribution in [0.4, 0.5) is 0 Å². The highest BCUT2D eigenvalue weighted by Crippen LogP contribution is 2.41. The summed E-state index contributed by atoms with van der Waals surface area (Å²) in [6, 6.07) is 22.8. The molecule has 1 aliphatic carbocycles. The third-order valence-corrected chi connectivity index (χ3v) is 8.87. The van der Waals surface area contributed by atoms with Crippen LogP contribution in [0.15, 0.2) is 72.8 Å². The van der Waals surface area contributed by atoms with Crippen LogP contribution < -0.4 is 0 Å². The van der Waals surface area contributed by atoms with Crippen LogP contribution in [-0.2, 0) is 59.0 Å². The molecule has 5 rings (SSSR count). The first-order valence-corrected chi connectivity index (χ1v) is 15.9. The highest BCUT2D eigenvalue weighted by atomic mass is 16.6. The molecule has 4 aromatic carbocycles. The number of carbonyl (C=O) groups excluding carboxylic acids is 4. The summed E-state index contributed by atoms with van der Waals surface area (Å²) >= 11 is 0. The molecule has 0 fully saturated rings. The lowest BCUT2D eigenvalue weighted by Gasteiger charge is -2.32. The van der Waals surface area contributed by atoms with Crippen LogP contribution in [-0.4, -0.2) is 55.1 Å². The van der Waals surface area contributed by atoms with E-state index in [4.69, 9.17) is 18.9 Å². The number of ether oxygens (including phenoxy) is 4. The van der Waals surface area contributed by atoms with Gasteiger partial charge in [-0.25, -0.2) is 0 Å². The summed E-state index contributed by atoms with van der Waals surface area (Å²) in [4.78, 5) is 53.6. The average molecular weight is 626 g/mol. The highest BCUT2D eigenvalue weighted by Gasteiger charge is 2.55. The minimum Gasteiger partial charge on any atom is -0.465 e. The van der Waals surface area contributed by atoms with Crippen LogP contribution in [0.2, 0.25) is 0 Å². The van der Waals surface area contributed by atoms with E-state index in [1.807, 2.05) is 72.8 Å². The van der Waals surface area contributed by atoms with Gasteiger partial charge in [0.25, 0.3) is 0 Å². The van der Waals surface area contributed by atoms with Crippen molar-refractivity contribution in [2.24, 2.45) is 10.8 Å². The zero-order chi connectivity index (χ0) is 32.9. The molecule has 0 spiro atoms. The Morgan fingerprint density at radius 2 is 0.783 bits per heavy atom. The summed E-state index contributed by atoms with van der Waals surface area (Å²) in [5.74, 6) is -2.26. The molecule has 1 N–H and O–H groups in total. The summed E-state index contributed by atoms with van der Waals surface area (Å²) in [5, 5.41) is 3.25. The highest BCUT2D eigenvalue weighted by molar-refractivity contribution is 6.04. The van der Waals surface area contributed by atoms with Crippen molar-refractivity contribution in [1.82, 2.24) is 0 Å². The van der Waals surface area contributed by atoms with Crippen molar-refractivity contribution in [3.63, 3.8) is 0 Å². The van der Waals surface area contributed by atoms with E-state index in [-0.39, 0.29) is 52.1 Å². The molecule has 0 aliphatic heterocycles. The van der Waals surface area contributed by atoms with Gasteiger partial charge in [-0.1, -0.05) is 72.8 Å². The molecule has 0 radical (unpaired) electrons. The molecule has 1 aliphatic rings. The van der Waals surface area contributed by atoms with Gasteiger partial charge in [0.05, 0.1) is 19.8 Å². The minimum absolute atomic E-state index is 0.0286. The van der Waals surface area contributed by atoms with Crippen LogP contribution >= 0.6 is 0 Å². The molecule has 0 atom stereocenters. The summed E-state index contributed by atoms with van der Waals surface area (Å²) < 4.78 is 22.6. The van der Waals surface area contributed by atoms with Gasteiger partial charge in [0.2, 0.25) is 5.41 Å². The third kappa shape index (κ3) is 5.84. The molecule has 0 aromatic heterocycles. The van der Waals surface area contributed by atoms with Crippen LogP contribution in [0.3, 0.4) is 0 Å². The molecule has 46 heavy (non-hydrogen) atoms. The number of carbonyl (C=O) groups is 3. The molecule has 8 nitrogen and oxygen atoms in total. The standard InChI is InChI=1S/C38H40O8/c1-5-43-33(39)37(34(40)44-6-2)21-25-17-19-27(31-15-11-9-13-29(25)31)23-38(35(41)45-7-3,36(42)46-8-4)24-28-20-18-26(22-37)30-14-10-12-16-32(28)30/h9-20H,5-8,21-24H2,1-4H3/p+1. The second-order valence-corrected chi connectivity index (χ2v) is 11.6. The van der Waals surface area contributed by atoms with Gasteiger partial charge in [0, 0.05) is 25.7 Å². The summed E-state index contributed by atoms with van der Waals surface area (Å²) in [6.45, 7) is 7.44. The molecule has 4 aromatic rings. The Bertz CT molecular complexity index is 1530. The van der Waals surface area contributed by atoms with E-state index in [1.165, 1.54) is 0 Å². The lowest BCUT2D eigenvalue weighted by Crippen LogP contribution is -2.47. The predicted molar refractivity (Wildman–Crippen MR) is 176 cm³/mol. The number of esters is 4. The fraction of sp³-hybridized carbons (Fsp3) is 0.368. The van der Waals surface area contributed by atoms with Crippen LogP contribution in [0.1, 0.15) is 49.9 Å². The minimum atomic E-state index is -1.67. The molecule has 4 bridgehead atoms. The molecule has 0 saturated heterocycles. The summed E-state index contributed by atoms with van der Waals surface area (Å²) in [5.41, 5.74) is -0.189. The van der Waals surface area contributed by atoms with Gasteiger partial charge >= 0.3 is 23.9 Å². The predicted octanol–water partition coefficient (Wildman–Crippen LogP) is 6.08. The largest absolute Gasteiger partial charge is 0.501 e. The van der Waals surface area contributed by atoms with E-state index in [0.717, 1.165) is 43.8 Å². The van der Waals surface area contributed by atoms with E-state index >= 15 is 0 Å². The van der Waals surface area contributed by atoms with Gasteiger partial charge in [-0.2, -0.15) is 0 Å². The van der Waals surface area contributed by atoms with Crippen molar-refractivity contribution in [2.45, 2.75) is 53.4 Å². The lowest BCUT2D eigenvalue weighted by molar-refractivity contribution is -0.172. The first kappa shape index (κ1) is 32.7. The Balaban J connectivity index is 1.88. The van der Waals surface area contributed by atoms with Crippen LogP contribution in [0.25, 0.3) is 21.5 Å². The van der Waals surface area contributed by atoms with Gasteiger partial charge in [-0.05, 0) is 71.5 Å². The summed E-state index contributed by atoms with van der Waals surface area (Å²) in [7, 11) is 0. The Morgan fingerprint density at radius 3 is 1.09 bits per heavy atom. The molecular formula is C38H41O8+. The second kappa shape index (κ2) is 13.7. The lowest BCUT2D eigenvalue weighted by atomic mass is 9.71. The maximum Gasteiger partial charge on any atom is 0.501 e. The Kier molecular flexibility index (Phi) is 9.75. The maximum atomic E-state index is 14.0. The van der Waals surface area contributed by atoms with Crippen molar-refractivity contribution in [2.75, 3.05) is 26.4 Å². The van der Waals surface area contributed by atoms with Gasteiger partial charge in [0.15, 0.2) is 12.0 Å². The topological polar surface area (TPSA) is 110 Å². The van der Waals surface area contributed by atoms with Crippen molar-refractivity contribution < 1.29 is 38.1 Å². The first-order valence-electron chi connectivity index (χ1n) is 15.9. The SMILES string of the molecule is CCOC(=O)C1(C(=O)OCC)Cc2ccc(c3ccccc23)CC(C(=O)OCC)(C(=[OH+])OCC)Cc2ccc(c3ccccc23)C1. The van der Waals surface area contributed by atoms with Gasteiger partial charge in [-0.15, -0.1) is 0 Å². The van der Waals surface area contributed by atoms with Gasteiger partial charge in [0.1, 0.15) is 0 Å². The van der Waals surface area contributed by atoms with Crippen LogP contribution in [0.5, 0.6) is 0 Å². The normalized spacial score (nSPS) is 15.2. The fourth-order valence-corrected chi connectivity index (χ4v) is 6.73. The second-order valence-electron chi connectivity index (χ2n) is 11.6. The quantitative estimate of drug-likeness (QED) is 0.101. The Labute approximate surface area is 269 Å². The monoisotopic (exact) mass is 625 g/mol. The molecule has 0 heterocycles. The van der Waals surface area contributed by atoms with Crippen LogP contribution in [0, 0.1) is 10.8 Å². The van der Waals surface area contributed by atoms with E-state index < -0.39 is 34.7 Å². The Morgan fingerprint density at radius 1 is 0.500 bits per heavy atom. The molecule has 240 valence electrons. The number of benzene rings is 4. The van der Waals surface area contributed by atoms with Gasteiger partial charge < -0.3 is 23.7 Å². The Hall–Kier alpha value is -4.72. The molecule has 0 unspecified atom stereocenters. The molecule has 8 heteroatoms. The smallest absolute Gasteiger partial charge is 0.465 e. The molecule has 0 saturated carbocycles. The third-order valence-electron chi connectivity index (χ3n) is 8.87. The van der Waals surface area contributed by atoms with E-state index in [9.17, 15) is 19.2 Å². The number of fused-ring (bicyclic) bond motifs is 12. The van der Waals surface area contributed by atoms with Crippen molar-refractivity contribution in [3.8, 4) is 0 Å². The van der Waals surface area contributed by atoms with Crippen molar-refractivity contribution >= 4 is 45.4 Å². The summed E-state index contributed by atoms with van der Waals surface area (Å²) in [6.07, 6.45) is 0.215. The molecule has 0 amide bonds. The van der Waals surface area contributed by atoms with E-state index in [1.54, 1.807) is 27.7 Å². The van der Waals surface area contributed by atoms with E-state index in [2.05, 4.69) is 0 Å². The zero-order valence-electron chi connectivity index (χ0n) is 26.9. The first-order chi connectivity index (χ1) is 22.2. The number of hydrogen-bond donors (Lipinski definition) is 0. The van der Waals surface area contributed by atoms with Crippen molar-refractivity contribution in [3.05, 3.63) is 95.1 Å². The number of rotatable bonds is 8. The van der Waals surface area contributed by atoms with Crippen molar-refractivity contribution in [1.29, 1.82) is 0 Å². The fourth-order valence-electron chi connectivity index (χ4n) is 6.73. The number of hydrogen-bond acceptors (Lipinski definition) is 7. The maximum absolute atomic E-state index is 14.0. The average Bonchev–Trinajstić information content (AvgIpc) is 3.06.